The van der Waals surface area contributed by atoms with Crippen molar-refractivity contribution in [2.45, 2.75) is 55.9 Å². The van der Waals surface area contributed by atoms with E-state index in [9.17, 15) is 9.50 Å². The quantitative estimate of drug-likeness (QED) is 0.333. The first kappa shape index (κ1) is 26.0. The second kappa shape index (κ2) is 9.70. The van der Waals surface area contributed by atoms with Gasteiger partial charge in [-0.3, -0.25) is 4.90 Å². The molecule has 4 aliphatic rings. The number of alkyl halides is 1. The van der Waals surface area contributed by atoms with Gasteiger partial charge in [0.05, 0.1) is 11.1 Å². The highest BCUT2D eigenvalue weighted by molar-refractivity contribution is 6.01. The highest BCUT2D eigenvalue weighted by atomic mass is 19.1. The van der Waals surface area contributed by atoms with E-state index in [-0.39, 0.29) is 52.5 Å². The molecule has 0 amide bonds. The summed E-state index contributed by atoms with van der Waals surface area (Å²) in [5.74, 6) is -1.24. The van der Waals surface area contributed by atoms with Gasteiger partial charge < -0.3 is 20.1 Å². The van der Waals surface area contributed by atoms with Crippen LogP contribution in [0.4, 0.5) is 19.0 Å². The third kappa shape index (κ3) is 4.18. The molecule has 0 spiro atoms. The second-order valence-electron chi connectivity index (χ2n) is 12.4. The van der Waals surface area contributed by atoms with Crippen molar-refractivity contribution in [3.05, 3.63) is 54.1 Å². The number of nitrogens with one attached hydrogen (secondary N) is 1. The predicted octanol–water partition coefficient (Wildman–Crippen LogP) is 5.33. The molecule has 4 fully saturated rings. The van der Waals surface area contributed by atoms with Gasteiger partial charge in [0.1, 0.15) is 35.7 Å². The van der Waals surface area contributed by atoms with Crippen molar-refractivity contribution in [1.29, 1.82) is 0 Å². The molecule has 4 aromatic rings. The zero-order valence-corrected chi connectivity index (χ0v) is 23.1. The van der Waals surface area contributed by atoms with E-state index < -0.39 is 23.3 Å². The molecule has 3 aromatic carbocycles. The number of fused-ring (bicyclic) bond motifs is 5. The fourth-order valence-electron chi connectivity index (χ4n) is 7.83. The maximum Gasteiger partial charge on any atom is 0.319 e. The molecule has 218 valence electrons. The summed E-state index contributed by atoms with van der Waals surface area (Å²) in [6.07, 6.45) is 3.35. The molecular weight excluding hydrogens is 543 g/mol. The number of halogens is 3. The molecule has 4 atom stereocenters. The summed E-state index contributed by atoms with van der Waals surface area (Å²) in [5.41, 5.74) is -0.479. The van der Waals surface area contributed by atoms with Crippen LogP contribution in [0.15, 0.2) is 42.5 Å². The Balaban J connectivity index is 1.27. The summed E-state index contributed by atoms with van der Waals surface area (Å²) >= 11 is 0. The van der Waals surface area contributed by atoms with Crippen LogP contribution in [-0.4, -0.2) is 76.6 Å². The highest BCUT2D eigenvalue weighted by Gasteiger charge is 2.49. The van der Waals surface area contributed by atoms with Crippen LogP contribution in [0, 0.1) is 11.6 Å². The lowest BCUT2D eigenvalue weighted by atomic mass is 9.95. The lowest BCUT2D eigenvalue weighted by molar-refractivity contribution is 0.107. The fourth-order valence-corrected chi connectivity index (χ4v) is 7.83. The van der Waals surface area contributed by atoms with Crippen molar-refractivity contribution >= 4 is 27.5 Å². The summed E-state index contributed by atoms with van der Waals surface area (Å²) in [6.45, 7) is 2.74. The van der Waals surface area contributed by atoms with Gasteiger partial charge in [-0.25, -0.2) is 13.2 Å². The molecule has 10 heteroatoms. The average molecular weight is 576 g/mol. The van der Waals surface area contributed by atoms with Gasteiger partial charge in [0, 0.05) is 43.5 Å². The molecule has 2 N–H and O–H groups in total. The minimum Gasteiger partial charge on any atom is -0.508 e. The number of phenols is 1. The number of hydrogen-bond donors (Lipinski definition) is 2. The fraction of sp³-hybridized carbons (Fsp3) is 0.438. The first-order valence-electron chi connectivity index (χ1n) is 14.8. The van der Waals surface area contributed by atoms with E-state index in [1.54, 1.807) is 24.3 Å². The number of aromatic nitrogens is 2. The molecule has 0 saturated carbocycles. The Labute approximate surface area is 241 Å². The van der Waals surface area contributed by atoms with Gasteiger partial charge >= 0.3 is 6.01 Å². The summed E-state index contributed by atoms with van der Waals surface area (Å²) in [6, 6.07) is 12.0. The van der Waals surface area contributed by atoms with Crippen LogP contribution in [0.5, 0.6) is 11.8 Å². The SMILES string of the molecule is Oc1cc(-c2c(F)cc3c(N4C[C@H]5CC[C@@H](C4)N5)nc(OC[C@@]45CCCN4C[C@H](F)C5)nc3c2F)c2ccccc2c1. The van der Waals surface area contributed by atoms with Crippen LogP contribution >= 0.6 is 0 Å². The Morgan fingerprint density at radius 3 is 2.67 bits per heavy atom. The smallest absolute Gasteiger partial charge is 0.319 e. The Hall–Kier alpha value is -3.63. The highest BCUT2D eigenvalue weighted by Crippen LogP contribution is 2.42. The van der Waals surface area contributed by atoms with Crippen molar-refractivity contribution in [3.8, 4) is 22.9 Å². The van der Waals surface area contributed by atoms with Gasteiger partial charge in [-0.2, -0.15) is 9.97 Å². The second-order valence-corrected chi connectivity index (χ2v) is 12.4. The van der Waals surface area contributed by atoms with Gasteiger partial charge in [-0.05, 0) is 66.8 Å². The number of piperazine rings is 1. The zero-order chi connectivity index (χ0) is 28.6. The number of rotatable bonds is 5. The third-order valence-corrected chi connectivity index (χ3v) is 9.71. The third-order valence-electron chi connectivity index (χ3n) is 9.71. The number of aromatic hydroxyl groups is 1. The predicted molar refractivity (Wildman–Crippen MR) is 155 cm³/mol. The van der Waals surface area contributed by atoms with Crippen LogP contribution in [0.25, 0.3) is 32.8 Å². The summed E-state index contributed by atoms with van der Waals surface area (Å²) in [5, 5.41) is 15.6. The molecule has 0 aliphatic carbocycles. The van der Waals surface area contributed by atoms with E-state index in [0.717, 1.165) is 32.2 Å². The van der Waals surface area contributed by atoms with E-state index in [4.69, 9.17) is 9.72 Å². The topological polar surface area (TPSA) is 73.8 Å². The molecule has 0 unspecified atom stereocenters. The van der Waals surface area contributed by atoms with Crippen LogP contribution in [0.1, 0.15) is 32.1 Å². The van der Waals surface area contributed by atoms with Gasteiger partial charge in [-0.15, -0.1) is 0 Å². The van der Waals surface area contributed by atoms with Crippen LogP contribution in [0.2, 0.25) is 0 Å². The van der Waals surface area contributed by atoms with Crippen LogP contribution < -0.4 is 15.0 Å². The van der Waals surface area contributed by atoms with Crippen molar-refractivity contribution in [1.82, 2.24) is 20.2 Å². The Morgan fingerprint density at radius 1 is 1.02 bits per heavy atom. The number of ether oxygens (including phenoxy) is 1. The largest absolute Gasteiger partial charge is 0.508 e. The number of phenolic OH excluding ortho intramolecular Hbond substituents is 1. The number of nitrogens with zero attached hydrogens (tertiary/aromatic N) is 4. The van der Waals surface area contributed by atoms with Crippen molar-refractivity contribution in [2.24, 2.45) is 0 Å². The molecule has 42 heavy (non-hydrogen) atoms. The molecule has 7 nitrogen and oxygen atoms in total. The molecule has 2 bridgehead atoms. The minimum absolute atomic E-state index is 0.00383. The minimum atomic E-state index is -0.904. The monoisotopic (exact) mass is 575 g/mol. The molecule has 5 heterocycles. The normalized spacial score (nSPS) is 27.3. The molecule has 4 saturated heterocycles. The van der Waals surface area contributed by atoms with Gasteiger partial charge in [-0.1, -0.05) is 24.3 Å². The Kier molecular flexibility index (Phi) is 6.01. The van der Waals surface area contributed by atoms with Crippen molar-refractivity contribution in [3.63, 3.8) is 0 Å². The van der Waals surface area contributed by atoms with Crippen molar-refractivity contribution in [2.75, 3.05) is 37.7 Å². The number of hydrogen-bond acceptors (Lipinski definition) is 7. The lowest BCUT2D eigenvalue weighted by Gasteiger charge is -2.34. The van der Waals surface area contributed by atoms with E-state index in [0.29, 0.717) is 42.6 Å². The zero-order valence-electron chi connectivity index (χ0n) is 23.1. The van der Waals surface area contributed by atoms with Gasteiger partial charge in [0.15, 0.2) is 5.82 Å². The van der Waals surface area contributed by atoms with Crippen LogP contribution in [-0.2, 0) is 0 Å². The molecule has 1 aromatic heterocycles. The number of benzene rings is 3. The summed E-state index contributed by atoms with van der Waals surface area (Å²) in [4.78, 5) is 13.5. The molecular formula is C32H32F3N5O2. The Bertz CT molecular complexity index is 1710. The summed E-state index contributed by atoms with van der Waals surface area (Å²) < 4.78 is 53.2. The average Bonchev–Trinajstić information content (AvgIpc) is 3.62. The van der Waals surface area contributed by atoms with E-state index in [1.807, 2.05) is 6.07 Å². The van der Waals surface area contributed by atoms with E-state index >= 15 is 8.78 Å². The standard InChI is InChI=1S/C32H32F3N5O2/c33-19-13-32(8-3-9-40(32)14-19)17-42-31-37-29-25(30(38-31)39-15-20-6-7-21(16-39)36-20)12-26(34)27(28(29)35)24-11-22(41)10-18-4-1-2-5-23(18)24/h1-2,4-5,10-12,19-21,36,41H,3,6-9,13-17H2/t19-,20-,21+,32+/m1/s1. The van der Waals surface area contributed by atoms with Crippen LogP contribution in [0.3, 0.4) is 0 Å². The van der Waals surface area contributed by atoms with Crippen molar-refractivity contribution < 1.29 is 23.0 Å². The van der Waals surface area contributed by atoms with Gasteiger partial charge in [0.25, 0.3) is 0 Å². The van der Waals surface area contributed by atoms with Gasteiger partial charge in [0.2, 0.25) is 0 Å². The maximum atomic E-state index is 16.6. The Morgan fingerprint density at radius 2 is 1.83 bits per heavy atom. The van der Waals surface area contributed by atoms with E-state index in [2.05, 4.69) is 20.1 Å². The molecule has 8 rings (SSSR count). The lowest BCUT2D eigenvalue weighted by Crippen LogP contribution is -2.51. The first-order valence-corrected chi connectivity index (χ1v) is 14.8. The molecule has 0 radical (unpaired) electrons. The summed E-state index contributed by atoms with van der Waals surface area (Å²) in [7, 11) is 0. The first-order chi connectivity index (χ1) is 20.4. The maximum absolute atomic E-state index is 16.6. The number of anilines is 1. The molecule has 4 aliphatic heterocycles. The van der Waals surface area contributed by atoms with E-state index in [1.165, 1.54) is 12.1 Å².